The molecule has 0 aromatic heterocycles. The molecule has 0 aliphatic rings. The molecule has 34 heavy (non-hydrogen) atoms. The standard InChI is InChI=1S/C23H38O10S/c1-2-8-26-9-10-27-11-12-28-13-14-29-15-16-30-17-18-31-19-20-32-21-22-33-34(24,25)23-6-4-3-5-7-23/h2-7H,1,8-22H2. The topological polar surface area (TPSA) is 108 Å². The van der Waals surface area contributed by atoms with Crippen molar-refractivity contribution in [2.75, 3.05) is 99.1 Å². The van der Waals surface area contributed by atoms with Gasteiger partial charge in [-0.15, -0.1) is 6.58 Å². The molecule has 1 aromatic carbocycles. The summed E-state index contributed by atoms with van der Waals surface area (Å²) in [5, 5.41) is 0. The first-order valence-corrected chi connectivity index (χ1v) is 12.7. The molecule has 0 aliphatic heterocycles. The van der Waals surface area contributed by atoms with Gasteiger partial charge in [0.1, 0.15) is 0 Å². The van der Waals surface area contributed by atoms with Crippen LogP contribution in [0.1, 0.15) is 0 Å². The van der Waals surface area contributed by atoms with Gasteiger partial charge < -0.3 is 33.2 Å². The fourth-order valence-corrected chi connectivity index (χ4v) is 3.26. The molecule has 0 bridgehead atoms. The third-order valence-corrected chi connectivity index (χ3v) is 5.29. The molecule has 0 spiro atoms. The lowest BCUT2D eigenvalue weighted by atomic mass is 10.4. The van der Waals surface area contributed by atoms with E-state index < -0.39 is 10.1 Å². The average Bonchev–Trinajstić information content (AvgIpc) is 2.85. The van der Waals surface area contributed by atoms with Crippen molar-refractivity contribution in [3.8, 4) is 0 Å². The van der Waals surface area contributed by atoms with Crippen molar-refractivity contribution >= 4 is 10.1 Å². The second kappa shape index (κ2) is 22.1. The number of benzene rings is 1. The zero-order valence-corrected chi connectivity index (χ0v) is 20.6. The third-order valence-electron chi connectivity index (χ3n) is 3.97. The van der Waals surface area contributed by atoms with E-state index >= 15 is 0 Å². The minimum atomic E-state index is -3.74. The fourth-order valence-electron chi connectivity index (χ4n) is 2.34. The molecule has 1 aromatic rings. The molecule has 0 saturated carbocycles. The van der Waals surface area contributed by atoms with Crippen molar-refractivity contribution in [3.63, 3.8) is 0 Å². The molecule has 0 amide bonds. The summed E-state index contributed by atoms with van der Waals surface area (Å²) in [4.78, 5) is 0.125. The van der Waals surface area contributed by atoms with Gasteiger partial charge in [-0.3, -0.25) is 4.18 Å². The highest BCUT2D eigenvalue weighted by Crippen LogP contribution is 2.10. The molecule has 196 valence electrons. The van der Waals surface area contributed by atoms with Gasteiger partial charge in [0.25, 0.3) is 10.1 Å². The summed E-state index contributed by atoms with van der Waals surface area (Å²) in [5.41, 5.74) is 0. The van der Waals surface area contributed by atoms with E-state index in [1.807, 2.05) is 0 Å². The molecule has 0 saturated heterocycles. The van der Waals surface area contributed by atoms with Crippen molar-refractivity contribution in [2.24, 2.45) is 0 Å². The quantitative estimate of drug-likeness (QED) is 0.110. The smallest absolute Gasteiger partial charge is 0.297 e. The SMILES string of the molecule is C=CCOCCOCCOCCOCCOCCOCCOCCOS(=O)(=O)c1ccccc1. The van der Waals surface area contributed by atoms with E-state index in [1.165, 1.54) is 12.1 Å². The van der Waals surface area contributed by atoms with E-state index in [9.17, 15) is 8.42 Å². The lowest BCUT2D eigenvalue weighted by Crippen LogP contribution is -2.15. The van der Waals surface area contributed by atoms with Crippen LogP contribution in [0, 0.1) is 0 Å². The number of rotatable bonds is 25. The van der Waals surface area contributed by atoms with Gasteiger partial charge in [-0.05, 0) is 12.1 Å². The van der Waals surface area contributed by atoms with Crippen LogP contribution in [0.15, 0.2) is 47.9 Å². The van der Waals surface area contributed by atoms with Crippen LogP contribution in [0.5, 0.6) is 0 Å². The van der Waals surface area contributed by atoms with E-state index in [1.54, 1.807) is 24.3 Å². The van der Waals surface area contributed by atoms with Crippen LogP contribution in [0.3, 0.4) is 0 Å². The maximum Gasteiger partial charge on any atom is 0.297 e. The molecule has 0 atom stereocenters. The number of hydrogen-bond donors (Lipinski definition) is 0. The summed E-state index contributed by atoms with van der Waals surface area (Å²) < 4.78 is 66.1. The highest BCUT2D eigenvalue weighted by molar-refractivity contribution is 7.86. The first-order chi connectivity index (χ1) is 16.7. The Labute approximate surface area is 203 Å². The van der Waals surface area contributed by atoms with E-state index in [-0.39, 0.29) is 18.1 Å². The molecule has 0 fully saturated rings. The zero-order valence-electron chi connectivity index (χ0n) is 19.8. The van der Waals surface area contributed by atoms with Crippen molar-refractivity contribution in [1.82, 2.24) is 0 Å². The second-order valence-electron chi connectivity index (χ2n) is 6.63. The minimum Gasteiger partial charge on any atom is -0.377 e. The van der Waals surface area contributed by atoms with Gasteiger partial charge in [0.15, 0.2) is 0 Å². The molecule has 0 radical (unpaired) electrons. The molecular formula is C23H38O10S. The first kappa shape index (κ1) is 30.6. The Morgan fingerprint density at radius 1 is 0.559 bits per heavy atom. The van der Waals surface area contributed by atoms with Crippen LogP contribution in [-0.2, 0) is 47.5 Å². The predicted molar refractivity (Wildman–Crippen MR) is 126 cm³/mol. The maximum atomic E-state index is 11.9. The summed E-state index contributed by atoms with van der Waals surface area (Å²) in [7, 11) is -3.74. The Kier molecular flexibility index (Phi) is 19.9. The normalized spacial score (nSPS) is 11.6. The monoisotopic (exact) mass is 506 g/mol. The van der Waals surface area contributed by atoms with Gasteiger partial charge in [0.2, 0.25) is 0 Å². The lowest BCUT2D eigenvalue weighted by molar-refractivity contribution is -0.0205. The Hall–Kier alpha value is -1.41. The van der Waals surface area contributed by atoms with E-state index in [4.69, 9.17) is 37.3 Å². The van der Waals surface area contributed by atoms with Gasteiger partial charge in [-0.25, -0.2) is 0 Å². The molecule has 11 heteroatoms. The highest BCUT2D eigenvalue weighted by Gasteiger charge is 2.13. The third kappa shape index (κ3) is 18.0. The van der Waals surface area contributed by atoms with Crippen molar-refractivity contribution in [1.29, 1.82) is 0 Å². The van der Waals surface area contributed by atoms with Gasteiger partial charge in [0.05, 0.1) is 104 Å². The highest BCUT2D eigenvalue weighted by atomic mass is 32.2. The van der Waals surface area contributed by atoms with Crippen LogP contribution < -0.4 is 0 Å². The predicted octanol–water partition coefficient (Wildman–Crippen LogP) is 1.69. The van der Waals surface area contributed by atoms with Crippen molar-refractivity contribution in [3.05, 3.63) is 43.0 Å². The molecule has 0 unspecified atom stereocenters. The van der Waals surface area contributed by atoms with E-state index in [0.717, 1.165) is 0 Å². The Morgan fingerprint density at radius 3 is 1.29 bits per heavy atom. The molecule has 0 heterocycles. The Morgan fingerprint density at radius 2 is 0.912 bits per heavy atom. The molecule has 0 N–H and O–H groups in total. The number of hydrogen-bond acceptors (Lipinski definition) is 10. The van der Waals surface area contributed by atoms with Crippen LogP contribution in [0.4, 0.5) is 0 Å². The summed E-state index contributed by atoms with van der Waals surface area (Å²) >= 11 is 0. The van der Waals surface area contributed by atoms with Gasteiger partial charge in [-0.2, -0.15) is 8.42 Å². The summed E-state index contributed by atoms with van der Waals surface area (Å²) in [6, 6.07) is 7.98. The first-order valence-electron chi connectivity index (χ1n) is 11.3. The van der Waals surface area contributed by atoms with Crippen LogP contribution in [0.2, 0.25) is 0 Å². The summed E-state index contributed by atoms with van der Waals surface area (Å²) in [5.74, 6) is 0. The van der Waals surface area contributed by atoms with Gasteiger partial charge in [0, 0.05) is 0 Å². The van der Waals surface area contributed by atoms with E-state index in [2.05, 4.69) is 6.58 Å². The average molecular weight is 507 g/mol. The zero-order chi connectivity index (χ0) is 24.6. The number of ether oxygens (including phenoxy) is 7. The van der Waals surface area contributed by atoms with Crippen LogP contribution in [-0.4, -0.2) is 108 Å². The van der Waals surface area contributed by atoms with E-state index in [0.29, 0.717) is 85.9 Å². The summed E-state index contributed by atoms with van der Waals surface area (Å²) in [6.07, 6.45) is 1.70. The minimum absolute atomic E-state index is 0.0506. The molecular weight excluding hydrogens is 468 g/mol. The van der Waals surface area contributed by atoms with Crippen LogP contribution >= 0.6 is 0 Å². The van der Waals surface area contributed by atoms with Crippen LogP contribution in [0.25, 0.3) is 0 Å². The van der Waals surface area contributed by atoms with Gasteiger partial charge >= 0.3 is 0 Å². The Bertz CT molecular complexity index is 684. The molecule has 10 nitrogen and oxygen atoms in total. The molecule has 1 rings (SSSR count). The van der Waals surface area contributed by atoms with Crippen molar-refractivity contribution in [2.45, 2.75) is 4.90 Å². The van der Waals surface area contributed by atoms with Gasteiger partial charge in [-0.1, -0.05) is 24.3 Å². The largest absolute Gasteiger partial charge is 0.377 e. The summed E-state index contributed by atoms with van der Waals surface area (Å²) in [6.45, 7) is 9.90. The maximum absolute atomic E-state index is 11.9. The second-order valence-corrected chi connectivity index (χ2v) is 8.24. The lowest BCUT2D eigenvalue weighted by Gasteiger charge is -2.08. The fraction of sp³-hybridized carbons (Fsp3) is 0.652. The Balaban J connectivity index is 1.74. The van der Waals surface area contributed by atoms with Crippen molar-refractivity contribution < 1.29 is 45.8 Å². The molecule has 0 aliphatic carbocycles.